The first kappa shape index (κ1) is 15.5. The van der Waals surface area contributed by atoms with Gasteiger partial charge in [0.1, 0.15) is 0 Å². The van der Waals surface area contributed by atoms with Crippen LogP contribution in [-0.4, -0.2) is 18.8 Å². The summed E-state index contributed by atoms with van der Waals surface area (Å²) in [6, 6.07) is 0.201. The van der Waals surface area contributed by atoms with Crippen LogP contribution in [0.1, 0.15) is 58.8 Å². The highest BCUT2D eigenvalue weighted by Crippen LogP contribution is 2.44. The van der Waals surface area contributed by atoms with Crippen molar-refractivity contribution in [2.45, 2.75) is 70.4 Å². The smallest absolute Gasteiger partial charge is 0.0844 e. The molecule has 0 amide bonds. The minimum absolute atomic E-state index is 0.112. The highest BCUT2D eigenvalue weighted by atomic mass is 16.5. The Morgan fingerprint density at radius 2 is 1.94 bits per heavy atom. The minimum atomic E-state index is -0.112. The molecule has 0 spiro atoms. The molecule has 0 bridgehead atoms. The lowest BCUT2D eigenvalue weighted by Crippen LogP contribution is -2.56. The zero-order chi connectivity index (χ0) is 13.6. The quantitative estimate of drug-likeness (QED) is 0.331. The second-order valence-electron chi connectivity index (χ2n) is 6.25. The van der Waals surface area contributed by atoms with Crippen LogP contribution < -0.4 is 11.3 Å². The first-order chi connectivity index (χ1) is 8.49. The van der Waals surface area contributed by atoms with E-state index in [0.717, 1.165) is 32.1 Å². The summed E-state index contributed by atoms with van der Waals surface area (Å²) >= 11 is 0. The topological polar surface area (TPSA) is 47.3 Å². The molecule has 0 aromatic carbocycles. The van der Waals surface area contributed by atoms with Crippen molar-refractivity contribution in [3.05, 3.63) is 0 Å². The molecule has 0 aromatic rings. The Morgan fingerprint density at radius 3 is 2.39 bits per heavy atom. The fourth-order valence-electron chi connectivity index (χ4n) is 2.95. The number of terminal acetylenes is 1. The van der Waals surface area contributed by atoms with Gasteiger partial charge in [0.2, 0.25) is 0 Å². The second-order valence-corrected chi connectivity index (χ2v) is 6.25. The molecule has 1 saturated carbocycles. The third kappa shape index (κ3) is 3.71. The zero-order valence-corrected chi connectivity index (χ0v) is 12.1. The van der Waals surface area contributed by atoms with E-state index >= 15 is 0 Å². The van der Waals surface area contributed by atoms with Crippen LogP contribution in [0.15, 0.2) is 0 Å². The number of hydrogen-bond acceptors (Lipinski definition) is 3. The summed E-state index contributed by atoms with van der Waals surface area (Å²) in [6.07, 6.45) is 12.6. The van der Waals surface area contributed by atoms with Gasteiger partial charge >= 0.3 is 0 Å². The maximum atomic E-state index is 5.86. The van der Waals surface area contributed by atoms with Crippen LogP contribution in [0.3, 0.4) is 0 Å². The highest BCUT2D eigenvalue weighted by Gasteiger charge is 2.43. The van der Waals surface area contributed by atoms with Gasteiger partial charge in [0.25, 0.3) is 0 Å². The summed E-state index contributed by atoms with van der Waals surface area (Å²) in [5.74, 6) is 8.42. The molecular formula is C15H28N2O. The summed E-state index contributed by atoms with van der Waals surface area (Å²) in [6.45, 7) is 4.66. The molecular weight excluding hydrogens is 224 g/mol. The SMILES string of the molecule is C#CCCCC(NN)C1(OC)CCC(C)(C)CC1. The molecule has 0 aromatic heterocycles. The Hall–Kier alpha value is -0.560. The van der Waals surface area contributed by atoms with Gasteiger partial charge in [-0.3, -0.25) is 11.3 Å². The van der Waals surface area contributed by atoms with Crippen molar-refractivity contribution in [2.24, 2.45) is 11.3 Å². The van der Waals surface area contributed by atoms with Crippen LogP contribution in [0.4, 0.5) is 0 Å². The van der Waals surface area contributed by atoms with Crippen LogP contribution >= 0.6 is 0 Å². The summed E-state index contributed by atoms with van der Waals surface area (Å²) in [5.41, 5.74) is 3.27. The van der Waals surface area contributed by atoms with Crippen molar-refractivity contribution < 1.29 is 4.74 Å². The molecule has 3 nitrogen and oxygen atoms in total. The largest absolute Gasteiger partial charge is 0.377 e. The van der Waals surface area contributed by atoms with Gasteiger partial charge < -0.3 is 4.74 Å². The Morgan fingerprint density at radius 1 is 1.33 bits per heavy atom. The van der Waals surface area contributed by atoms with E-state index in [2.05, 4.69) is 25.2 Å². The first-order valence-electron chi connectivity index (χ1n) is 6.94. The molecule has 18 heavy (non-hydrogen) atoms. The Bertz CT molecular complexity index is 283. The van der Waals surface area contributed by atoms with Crippen LogP contribution in [0.25, 0.3) is 0 Å². The second kappa shape index (κ2) is 6.56. The average molecular weight is 252 g/mol. The maximum absolute atomic E-state index is 5.86. The van der Waals surface area contributed by atoms with Gasteiger partial charge in [0.05, 0.1) is 11.6 Å². The molecule has 1 atom stereocenters. The zero-order valence-electron chi connectivity index (χ0n) is 12.1. The van der Waals surface area contributed by atoms with Gasteiger partial charge in [-0.15, -0.1) is 12.3 Å². The predicted octanol–water partition coefficient (Wildman–Crippen LogP) is 2.61. The molecule has 1 unspecified atom stereocenters. The van der Waals surface area contributed by atoms with Gasteiger partial charge in [-0.25, -0.2) is 0 Å². The summed E-state index contributed by atoms with van der Waals surface area (Å²) in [4.78, 5) is 0. The van der Waals surface area contributed by atoms with Crippen LogP contribution in [-0.2, 0) is 4.74 Å². The number of nitrogens with one attached hydrogen (secondary N) is 1. The number of unbranched alkanes of at least 4 members (excludes halogenated alkanes) is 1. The number of methoxy groups -OCH3 is 1. The minimum Gasteiger partial charge on any atom is -0.377 e. The molecule has 1 rings (SSSR count). The van der Waals surface area contributed by atoms with Gasteiger partial charge in [-0.1, -0.05) is 13.8 Å². The average Bonchev–Trinajstić information content (AvgIpc) is 2.36. The highest BCUT2D eigenvalue weighted by molar-refractivity contribution is 4.98. The Kier molecular flexibility index (Phi) is 5.65. The van der Waals surface area contributed by atoms with E-state index in [1.54, 1.807) is 0 Å². The molecule has 0 radical (unpaired) electrons. The standard InChI is InChI=1S/C15H28N2O/c1-5-6-7-8-13(17-16)15(18-4)11-9-14(2,3)10-12-15/h1,13,17H,6-12,16H2,2-4H3. The third-order valence-electron chi connectivity index (χ3n) is 4.51. The molecule has 104 valence electrons. The number of ether oxygens (including phenoxy) is 1. The Labute approximate surface area is 112 Å². The molecule has 0 heterocycles. The molecule has 3 N–H and O–H groups in total. The van der Waals surface area contributed by atoms with Crippen molar-refractivity contribution in [3.8, 4) is 12.3 Å². The van der Waals surface area contributed by atoms with Crippen LogP contribution in [0.2, 0.25) is 0 Å². The Balaban J connectivity index is 2.65. The van der Waals surface area contributed by atoms with Gasteiger partial charge in [0, 0.05) is 13.5 Å². The van der Waals surface area contributed by atoms with E-state index in [1.807, 2.05) is 7.11 Å². The van der Waals surface area contributed by atoms with Crippen LogP contribution in [0, 0.1) is 17.8 Å². The molecule has 0 saturated heterocycles. The van der Waals surface area contributed by atoms with E-state index in [0.29, 0.717) is 5.41 Å². The van der Waals surface area contributed by atoms with E-state index in [9.17, 15) is 0 Å². The van der Waals surface area contributed by atoms with E-state index in [-0.39, 0.29) is 11.6 Å². The lowest BCUT2D eigenvalue weighted by atomic mass is 9.68. The molecule has 0 aliphatic heterocycles. The molecule has 1 aliphatic rings. The monoisotopic (exact) mass is 252 g/mol. The van der Waals surface area contributed by atoms with Crippen molar-refractivity contribution in [1.82, 2.24) is 5.43 Å². The van der Waals surface area contributed by atoms with Crippen molar-refractivity contribution >= 4 is 0 Å². The van der Waals surface area contributed by atoms with Crippen molar-refractivity contribution in [2.75, 3.05) is 7.11 Å². The van der Waals surface area contributed by atoms with Gasteiger partial charge in [-0.2, -0.15) is 0 Å². The number of nitrogens with two attached hydrogens (primary N) is 1. The van der Waals surface area contributed by atoms with E-state index in [1.165, 1.54) is 12.8 Å². The van der Waals surface area contributed by atoms with Gasteiger partial charge in [0.15, 0.2) is 0 Å². The summed E-state index contributed by atoms with van der Waals surface area (Å²) < 4.78 is 5.86. The lowest BCUT2D eigenvalue weighted by molar-refractivity contribution is -0.0882. The van der Waals surface area contributed by atoms with Crippen LogP contribution in [0.5, 0.6) is 0 Å². The number of rotatable bonds is 6. The van der Waals surface area contributed by atoms with Gasteiger partial charge in [-0.05, 0) is 43.9 Å². The summed E-state index contributed by atoms with van der Waals surface area (Å²) in [5, 5.41) is 0. The molecule has 3 heteroatoms. The predicted molar refractivity (Wildman–Crippen MR) is 75.8 cm³/mol. The fraction of sp³-hybridized carbons (Fsp3) is 0.867. The first-order valence-corrected chi connectivity index (χ1v) is 6.94. The van der Waals surface area contributed by atoms with Crippen molar-refractivity contribution in [1.29, 1.82) is 0 Å². The molecule has 1 aliphatic carbocycles. The normalized spacial score (nSPS) is 23.3. The number of hydrogen-bond donors (Lipinski definition) is 2. The maximum Gasteiger partial charge on any atom is 0.0844 e. The molecule has 1 fully saturated rings. The van der Waals surface area contributed by atoms with E-state index < -0.39 is 0 Å². The fourth-order valence-corrected chi connectivity index (χ4v) is 2.95. The summed E-state index contributed by atoms with van der Waals surface area (Å²) in [7, 11) is 1.81. The third-order valence-corrected chi connectivity index (χ3v) is 4.51. The van der Waals surface area contributed by atoms with E-state index in [4.69, 9.17) is 17.0 Å². The van der Waals surface area contributed by atoms with Crippen molar-refractivity contribution in [3.63, 3.8) is 0 Å². The lowest BCUT2D eigenvalue weighted by Gasteiger charge is -2.46. The number of hydrazine groups is 1.